The summed E-state index contributed by atoms with van der Waals surface area (Å²) in [5, 5.41) is 1.51. The molecule has 5 heteroatoms. The Bertz CT molecular complexity index is 603. The van der Waals surface area contributed by atoms with E-state index < -0.39 is 10.0 Å². The first-order chi connectivity index (χ1) is 7.65. The highest BCUT2D eigenvalue weighted by Gasteiger charge is 2.15. The van der Waals surface area contributed by atoms with Crippen LogP contribution in [0.3, 0.4) is 0 Å². The van der Waals surface area contributed by atoms with Crippen LogP contribution >= 0.6 is 0 Å². The van der Waals surface area contributed by atoms with Gasteiger partial charge in [0.1, 0.15) is 4.90 Å². The fourth-order valence-electron chi connectivity index (χ4n) is 1.57. The fraction of sp³-hybridized carbons (Fsp3) is 0.182. The normalized spacial score (nSPS) is 11.8. The number of benzene rings is 1. The quantitative estimate of drug-likeness (QED) is 0.879. The number of hydrogen-bond donors (Lipinski definition) is 1. The number of rotatable bonds is 3. The Morgan fingerprint density at radius 1 is 1.25 bits per heavy atom. The van der Waals surface area contributed by atoms with Crippen LogP contribution < -0.4 is 4.72 Å². The average Bonchev–Trinajstić information content (AvgIpc) is 2.28. The zero-order valence-electron chi connectivity index (χ0n) is 8.84. The van der Waals surface area contributed by atoms with E-state index in [2.05, 4.69) is 9.71 Å². The van der Waals surface area contributed by atoms with Crippen LogP contribution in [0.15, 0.2) is 41.6 Å². The topological polar surface area (TPSA) is 59.1 Å². The minimum absolute atomic E-state index is 0.229. The van der Waals surface area contributed by atoms with Gasteiger partial charge in [0.2, 0.25) is 10.0 Å². The summed E-state index contributed by atoms with van der Waals surface area (Å²) in [5.74, 6) is 0. The Kier molecular flexibility index (Phi) is 2.89. The number of nitrogens with one attached hydrogen (secondary N) is 1. The van der Waals surface area contributed by atoms with Crippen molar-refractivity contribution in [2.24, 2.45) is 0 Å². The van der Waals surface area contributed by atoms with Gasteiger partial charge in [-0.05, 0) is 0 Å². The summed E-state index contributed by atoms with van der Waals surface area (Å²) in [4.78, 5) is 4.17. The maximum atomic E-state index is 11.9. The third kappa shape index (κ3) is 1.91. The molecule has 0 amide bonds. The van der Waals surface area contributed by atoms with Gasteiger partial charge in [-0.3, -0.25) is 4.98 Å². The molecule has 0 fully saturated rings. The van der Waals surface area contributed by atoms with Gasteiger partial charge in [-0.2, -0.15) is 0 Å². The smallest absolute Gasteiger partial charge is 0.242 e. The number of hydrogen-bond acceptors (Lipinski definition) is 3. The molecule has 0 aliphatic carbocycles. The van der Waals surface area contributed by atoms with Gasteiger partial charge in [-0.25, -0.2) is 13.1 Å². The number of aromatic nitrogens is 1. The van der Waals surface area contributed by atoms with E-state index in [-0.39, 0.29) is 4.90 Å². The molecular weight excluding hydrogens is 224 g/mol. The monoisotopic (exact) mass is 236 g/mol. The Labute approximate surface area is 94.4 Å². The van der Waals surface area contributed by atoms with Crippen molar-refractivity contribution >= 4 is 20.8 Å². The van der Waals surface area contributed by atoms with Crippen molar-refractivity contribution in [3.63, 3.8) is 0 Å². The van der Waals surface area contributed by atoms with Gasteiger partial charge >= 0.3 is 0 Å². The van der Waals surface area contributed by atoms with E-state index in [1.807, 2.05) is 18.2 Å². The molecule has 0 atom stereocenters. The van der Waals surface area contributed by atoms with Crippen LogP contribution in [-0.2, 0) is 10.0 Å². The number of nitrogens with zero attached hydrogens (tertiary/aromatic N) is 1. The molecule has 1 aromatic carbocycles. The lowest BCUT2D eigenvalue weighted by Crippen LogP contribution is -2.23. The molecule has 0 radical (unpaired) electrons. The minimum atomic E-state index is -3.45. The molecule has 0 aliphatic heterocycles. The van der Waals surface area contributed by atoms with Gasteiger partial charge in [-0.1, -0.05) is 31.2 Å². The van der Waals surface area contributed by atoms with Gasteiger partial charge in [0.05, 0.1) is 0 Å². The number of pyridine rings is 1. The molecular formula is C11H12N2O2S. The maximum absolute atomic E-state index is 11.9. The van der Waals surface area contributed by atoms with Crippen LogP contribution in [0.4, 0.5) is 0 Å². The molecule has 16 heavy (non-hydrogen) atoms. The first-order valence-electron chi connectivity index (χ1n) is 4.97. The highest BCUT2D eigenvalue weighted by Crippen LogP contribution is 2.20. The lowest BCUT2D eigenvalue weighted by atomic mass is 10.2. The highest BCUT2D eigenvalue weighted by molar-refractivity contribution is 7.89. The second kappa shape index (κ2) is 4.19. The molecule has 0 aliphatic rings. The van der Waals surface area contributed by atoms with E-state index in [0.29, 0.717) is 11.9 Å². The van der Waals surface area contributed by atoms with Crippen LogP contribution in [0.5, 0.6) is 0 Å². The van der Waals surface area contributed by atoms with Crippen molar-refractivity contribution < 1.29 is 8.42 Å². The minimum Gasteiger partial charge on any atom is -0.263 e. The summed E-state index contributed by atoms with van der Waals surface area (Å²) in [5.41, 5.74) is 0. The standard InChI is InChI=1S/C11H12N2O2S/c1-2-13-16(14,15)11-8-12-7-9-5-3-4-6-10(9)11/h3-8,13H,2H2,1H3. The maximum Gasteiger partial charge on any atom is 0.242 e. The van der Waals surface area contributed by atoms with Crippen LogP contribution in [0.1, 0.15) is 6.92 Å². The Balaban J connectivity index is 2.70. The molecule has 84 valence electrons. The van der Waals surface area contributed by atoms with Crippen LogP contribution in [-0.4, -0.2) is 19.9 Å². The van der Waals surface area contributed by atoms with Crippen molar-refractivity contribution in [2.75, 3.05) is 6.54 Å². The predicted octanol–water partition coefficient (Wildman–Crippen LogP) is 1.53. The first kappa shape index (κ1) is 11.0. The second-order valence-corrected chi connectivity index (χ2v) is 5.10. The van der Waals surface area contributed by atoms with E-state index in [4.69, 9.17) is 0 Å². The van der Waals surface area contributed by atoms with Crippen LogP contribution in [0.25, 0.3) is 10.8 Å². The average molecular weight is 236 g/mol. The molecule has 1 aromatic heterocycles. The molecule has 0 bridgehead atoms. The second-order valence-electron chi connectivity index (χ2n) is 3.36. The molecule has 0 unspecified atom stereocenters. The van der Waals surface area contributed by atoms with Crippen molar-refractivity contribution in [1.82, 2.24) is 9.71 Å². The van der Waals surface area contributed by atoms with Gasteiger partial charge in [0.15, 0.2) is 0 Å². The summed E-state index contributed by atoms with van der Waals surface area (Å²) in [7, 11) is -3.45. The summed E-state index contributed by atoms with van der Waals surface area (Å²) >= 11 is 0. The zero-order chi connectivity index (χ0) is 11.6. The molecule has 2 aromatic rings. The van der Waals surface area contributed by atoms with Gasteiger partial charge < -0.3 is 0 Å². The van der Waals surface area contributed by atoms with Gasteiger partial charge in [0.25, 0.3) is 0 Å². The van der Waals surface area contributed by atoms with Gasteiger partial charge in [-0.15, -0.1) is 0 Å². The summed E-state index contributed by atoms with van der Waals surface area (Å²) < 4.78 is 26.3. The van der Waals surface area contributed by atoms with Crippen molar-refractivity contribution in [3.05, 3.63) is 36.7 Å². The lowest BCUT2D eigenvalue weighted by Gasteiger charge is -2.07. The Hall–Kier alpha value is -1.46. The lowest BCUT2D eigenvalue weighted by molar-refractivity contribution is 0.584. The third-order valence-corrected chi connectivity index (χ3v) is 3.83. The number of fused-ring (bicyclic) bond motifs is 1. The first-order valence-corrected chi connectivity index (χ1v) is 6.46. The SMILES string of the molecule is CCNS(=O)(=O)c1cncc2ccccc12. The molecule has 1 N–H and O–H groups in total. The van der Waals surface area contributed by atoms with Crippen LogP contribution in [0.2, 0.25) is 0 Å². The largest absolute Gasteiger partial charge is 0.263 e. The fourth-order valence-corrected chi connectivity index (χ4v) is 2.78. The zero-order valence-corrected chi connectivity index (χ0v) is 9.66. The molecule has 0 saturated heterocycles. The van der Waals surface area contributed by atoms with E-state index in [1.165, 1.54) is 6.20 Å². The Morgan fingerprint density at radius 2 is 2.00 bits per heavy atom. The molecule has 4 nitrogen and oxygen atoms in total. The van der Waals surface area contributed by atoms with E-state index in [9.17, 15) is 8.42 Å². The third-order valence-electron chi connectivity index (χ3n) is 2.26. The van der Waals surface area contributed by atoms with Crippen molar-refractivity contribution in [2.45, 2.75) is 11.8 Å². The van der Waals surface area contributed by atoms with Crippen LogP contribution in [0, 0.1) is 0 Å². The van der Waals surface area contributed by atoms with E-state index >= 15 is 0 Å². The number of sulfonamides is 1. The highest BCUT2D eigenvalue weighted by atomic mass is 32.2. The Morgan fingerprint density at radius 3 is 2.75 bits per heavy atom. The van der Waals surface area contributed by atoms with E-state index in [1.54, 1.807) is 19.2 Å². The molecule has 2 rings (SSSR count). The molecule has 0 spiro atoms. The summed E-state index contributed by atoms with van der Waals surface area (Å²) in [6.07, 6.45) is 3.03. The van der Waals surface area contributed by atoms with Crippen molar-refractivity contribution in [3.8, 4) is 0 Å². The summed E-state index contributed by atoms with van der Waals surface area (Å²) in [6, 6.07) is 7.29. The molecule has 1 heterocycles. The van der Waals surface area contributed by atoms with Gasteiger partial charge in [0, 0.05) is 29.7 Å². The van der Waals surface area contributed by atoms with Crippen molar-refractivity contribution in [1.29, 1.82) is 0 Å². The molecule has 0 saturated carbocycles. The summed E-state index contributed by atoms with van der Waals surface area (Å²) in [6.45, 7) is 2.11. The van der Waals surface area contributed by atoms with E-state index in [0.717, 1.165) is 5.39 Å². The predicted molar refractivity (Wildman–Crippen MR) is 62.6 cm³/mol.